The molecule has 21 heavy (non-hydrogen) atoms. The van der Waals surface area contributed by atoms with E-state index in [0.29, 0.717) is 33.9 Å². The molecule has 0 unspecified atom stereocenters. The summed E-state index contributed by atoms with van der Waals surface area (Å²) in [6.45, 7) is 1.69. The van der Waals surface area contributed by atoms with Crippen LogP contribution in [-0.4, -0.2) is 10.1 Å². The van der Waals surface area contributed by atoms with Gasteiger partial charge in [-0.05, 0) is 36.8 Å². The van der Waals surface area contributed by atoms with Crippen LogP contribution in [0.2, 0.25) is 0 Å². The summed E-state index contributed by atoms with van der Waals surface area (Å²) in [4.78, 5) is 4.25. The zero-order valence-electron chi connectivity index (χ0n) is 11.3. The lowest BCUT2D eigenvalue weighted by Crippen LogP contribution is -1.91. The number of nitrogen functional groups attached to an aromatic ring is 2. The summed E-state index contributed by atoms with van der Waals surface area (Å²) in [6, 6.07) is 9.78. The molecule has 4 N–H and O–H groups in total. The van der Waals surface area contributed by atoms with E-state index in [4.69, 9.17) is 16.0 Å². The van der Waals surface area contributed by atoms with Crippen molar-refractivity contribution in [2.75, 3.05) is 11.5 Å². The molecule has 106 valence electrons. The Morgan fingerprint density at radius 3 is 2.38 bits per heavy atom. The Bertz CT molecular complexity index is 793. The Hall–Kier alpha value is -2.89. The van der Waals surface area contributed by atoms with E-state index < -0.39 is 0 Å². The summed E-state index contributed by atoms with van der Waals surface area (Å²) in [7, 11) is 0. The van der Waals surface area contributed by atoms with Crippen LogP contribution in [0.5, 0.6) is 0 Å². The third kappa shape index (κ3) is 2.55. The minimum atomic E-state index is -0.313. The number of benzene rings is 2. The average molecular weight is 284 g/mol. The maximum Gasteiger partial charge on any atom is 0.258 e. The van der Waals surface area contributed by atoms with Crippen LogP contribution in [-0.2, 0) is 0 Å². The lowest BCUT2D eigenvalue weighted by molar-refractivity contribution is 0.432. The molecular formula is C15H13FN4O. The first-order chi connectivity index (χ1) is 10.0. The molecule has 0 aliphatic heterocycles. The van der Waals surface area contributed by atoms with Gasteiger partial charge in [-0.1, -0.05) is 17.3 Å². The molecule has 0 saturated heterocycles. The van der Waals surface area contributed by atoms with E-state index in [1.54, 1.807) is 37.3 Å². The summed E-state index contributed by atoms with van der Waals surface area (Å²) < 4.78 is 18.8. The first-order valence-electron chi connectivity index (χ1n) is 6.29. The second kappa shape index (κ2) is 4.90. The van der Waals surface area contributed by atoms with Crippen LogP contribution in [0.25, 0.3) is 22.8 Å². The van der Waals surface area contributed by atoms with Gasteiger partial charge in [-0.2, -0.15) is 4.98 Å². The molecule has 3 aromatic rings. The zero-order valence-corrected chi connectivity index (χ0v) is 11.3. The van der Waals surface area contributed by atoms with Gasteiger partial charge in [-0.15, -0.1) is 0 Å². The van der Waals surface area contributed by atoms with E-state index in [0.717, 1.165) is 0 Å². The van der Waals surface area contributed by atoms with E-state index >= 15 is 0 Å². The van der Waals surface area contributed by atoms with Crippen molar-refractivity contribution >= 4 is 11.4 Å². The fraction of sp³-hybridized carbons (Fsp3) is 0.0667. The summed E-state index contributed by atoms with van der Waals surface area (Å²) in [6.07, 6.45) is 0. The predicted octanol–water partition coefficient (Wildman–Crippen LogP) is 3.02. The Morgan fingerprint density at radius 2 is 1.71 bits per heavy atom. The number of aromatic nitrogens is 2. The van der Waals surface area contributed by atoms with Gasteiger partial charge in [-0.3, -0.25) is 0 Å². The van der Waals surface area contributed by atoms with E-state index in [1.807, 2.05) is 0 Å². The van der Waals surface area contributed by atoms with Gasteiger partial charge < -0.3 is 16.0 Å². The molecule has 0 bridgehead atoms. The second-order valence-corrected chi connectivity index (χ2v) is 4.78. The van der Waals surface area contributed by atoms with Gasteiger partial charge in [0.25, 0.3) is 5.89 Å². The smallest absolute Gasteiger partial charge is 0.258 e. The highest BCUT2D eigenvalue weighted by atomic mass is 19.1. The Morgan fingerprint density at radius 1 is 1.00 bits per heavy atom. The highest BCUT2D eigenvalue weighted by molar-refractivity contribution is 5.68. The monoisotopic (exact) mass is 284 g/mol. The number of aryl methyl sites for hydroxylation is 1. The standard InChI is InChI=1S/C15H13FN4O/c1-8-2-3-9(6-13(8)16)14-19-15(21-20-14)10-4-11(17)7-12(18)5-10/h2-7H,17-18H2,1H3. The van der Waals surface area contributed by atoms with Crippen LogP contribution < -0.4 is 11.5 Å². The van der Waals surface area contributed by atoms with Crippen molar-refractivity contribution in [3.8, 4) is 22.8 Å². The fourth-order valence-electron chi connectivity index (χ4n) is 1.99. The minimum Gasteiger partial charge on any atom is -0.399 e. The summed E-state index contributed by atoms with van der Waals surface area (Å²) in [5.41, 5.74) is 14.2. The molecule has 0 amide bonds. The van der Waals surface area contributed by atoms with Crippen molar-refractivity contribution in [1.29, 1.82) is 0 Å². The maximum absolute atomic E-state index is 13.6. The topological polar surface area (TPSA) is 91.0 Å². The highest BCUT2D eigenvalue weighted by Gasteiger charge is 2.12. The van der Waals surface area contributed by atoms with Crippen molar-refractivity contribution < 1.29 is 8.91 Å². The van der Waals surface area contributed by atoms with E-state index in [2.05, 4.69) is 10.1 Å². The third-order valence-corrected chi connectivity index (χ3v) is 3.08. The van der Waals surface area contributed by atoms with E-state index in [9.17, 15) is 4.39 Å². The van der Waals surface area contributed by atoms with Crippen LogP contribution in [0.15, 0.2) is 40.9 Å². The Kier molecular flexibility index (Phi) is 3.06. The van der Waals surface area contributed by atoms with Gasteiger partial charge in [0, 0.05) is 22.5 Å². The molecule has 0 saturated carbocycles. The fourth-order valence-corrected chi connectivity index (χ4v) is 1.99. The molecule has 6 heteroatoms. The normalized spacial score (nSPS) is 10.8. The molecule has 0 radical (unpaired) electrons. The van der Waals surface area contributed by atoms with E-state index in [1.165, 1.54) is 6.07 Å². The lowest BCUT2D eigenvalue weighted by atomic mass is 10.1. The second-order valence-electron chi connectivity index (χ2n) is 4.78. The average Bonchev–Trinajstić information content (AvgIpc) is 2.90. The van der Waals surface area contributed by atoms with Crippen LogP contribution >= 0.6 is 0 Å². The molecule has 3 rings (SSSR count). The lowest BCUT2D eigenvalue weighted by Gasteiger charge is -2.00. The summed E-state index contributed by atoms with van der Waals surface area (Å²) in [5.74, 6) is 0.280. The summed E-state index contributed by atoms with van der Waals surface area (Å²) >= 11 is 0. The van der Waals surface area contributed by atoms with Crippen molar-refractivity contribution in [3.63, 3.8) is 0 Å². The van der Waals surface area contributed by atoms with Crippen molar-refractivity contribution in [1.82, 2.24) is 10.1 Å². The van der Waals surface area contributed by atoms with Gasteiger partial charge in [0.05, 0.1) is 0 Å². The highest BCUT2D eigenvalue weighted by Crippen LogP contribution is 2.26. The first-order valence-corrected chi connectivity index (χ1v) is 6.29. The Labute approximate surface area is 120 Å². The summed E-state index contributed by atoms with van der Waals surface area (Å²) in [5, 5.41) is 3.86. The third-order valence-electron chi connectivity index (χ3n) is 3.08. The first kappa shape index (κ1) is 13.1. The number of hydrogen-bond donors (Lipinski definition) is 2. The number of nitrogens with zero attached hydrogens (tertiary/aromatic N) is 2. The molecule has 1 heterocycles. The molecule has 0 spiro atoms. The number of nitrogens with two attached hydrogens (primary N) is 2. The molecule has 2 aromatic carbocycles. The molecule has 0 atom stereocenters. The zero-order chi connectivity index (χ0) is 15.0. The number of halogens is 1. The predicted molar refractivity (Wildman–Crippen MR) is 78.7 cm³/mol. The Balaban J connectivity index is 2.01. The SMILES string of the molecule is Cc1ccc(-c2noc(-c3cc(N)cc(N)c3)n2)cc1F. The molecular weight excluding hydrogens is 271 g/mol. The molecule has 5 nitrogen and oxygen atoms in total. The van der Waals surface area contributed by atoms with Gasteiger partial charge in [0.15, 0.2) is 0 Å². The van der Waals surface area contributed by atoms with Gasteiger partial charge in [0.2, 0.25) is 5.82 Å². The molecule has 1 aromatic heterocycles. The number of rotatable bonds is 2. The van der Waals surface area contributed by atoms with Crippen LogP contribution in [0.1, 0.15) is 5.56 Å². The number of anilines is 2. The maximum atomic E-state index is 13.6. The van der Waals surface area contributed by atoms with Crippen LogP contribution in [0, 0.1) is 12.7 Å². The minimum absolute atomic E-state index is 0.282. The molecule has 0 aliphatic rings. The number of hydrogen-bond acceptors (Lipinski definition) is 5. The van der Waals surface area contributed by atoms with Gasteiger partial charge in [0.1, 0.15) is 5.82 Å². The largest absolute Gasteiger partial charge is 0.399 e. The van der Waals surface area contributed by atoms with Crippen LogP contribution in [0.3, 0.4) is 0 Å². The van der Waals surface area contributed by atoms with Gasteiger partial charge in [-0.25, -0.2) is 4.39 Å². The van der Waals surface area contributed by atoms with E-state index in [-0.39, 0.29) is 11.7 Å². The van der Waals surface area contributed by atoms with Crippen molar-refractivity contribution in [3.05, 3.63) is 47.8 Å². The molecule has 0 aliphatic carbocycles. The van der Waals surface area contributed by atoms with Crippen molar-refractivity contribution in [2.45, 2.75) is 6.92 Å². The molecule has 0 fully saturated rings. The van der Waals surface area contributed by atoms with Crippen LogP contribution in [0.4, 0.5) is 15.8 Å². The quantitative estimate of drug-likeness (QED) is 0.706. The van der Waals surface area contributed by atoms with Crippen molar-refractivity contribution in [2.24, 2.45) is 0 Å². The van der Waals surface area contributed by atoms with Gasteiger partial charge >= 0.3 is 0 Å².